The fourth-order valence-electron chi connectivity index (χ4n) is 2.56. The summed E-state index contributed by atoms with van der Waals surface area (Å²) in [7, 11) is 0. The molecule has 2 aromatic carbocycles. The van der Waals surface area contributed by atoms with Crippen LogP contribution < -0.4 is 19.5 Å². The van der Waals surface area contributed by atoms with Crippen molar-refractivity contribution in [3.63, 3.8) is 0 Å². The summed E-state index contributed by atoms with van der Waals surface area (Å²) in [4.78, 5) is 24.9. The van der Waals surface area contributed by atoms with Crippen LogP contribution >= 0.6 is 0 Å². The van der Waals surface area contributed by atoms with Crippen molar-refractivity contribution in [2.75, 3.05) is 18.5 Å². The molecule has 0 fully saturated rings. The smallest absolute Gasteiger partial charge is 0.350 e. The van der Waals surface area contributed by atoms with E-state index in [9.17, 15) is 14.0 Å². The van der Waals surface area contributed by atoms with Gasteiger partial charge in [-0.05, 0) is 57.2 Å². The predicted octanol–water partition coefficient (Wildman–Crippen LogP) is 3.32. The Bertz CT molecular complexity index is 897. The number of nitrogens with one attached hydrogen (secondary N) is 1. The molecule has 1 aliphatic heterocycles. The molecule has 0 bridgehead atoms. The minimum atomic E-state index is -1.37. The molecular weight excluding hydrogens is 381 g/mol. The molecular formula is C21H22FNO6. The van der Waals surface area contributed by atoms with Gasteiger partial charge >= 0.3 is 5.97 Å². The number of benzene rings is 2. The lowest BCUT2D eigenvalue weighted by atomic mass is 10.1. The van der Waals surface area contributed by atoms with Crippen molar-refractivity contribution in [2.45, 2.75) is 32.5 Å². The van der Waals surface area contributed by atoms with Crippen molar-refractivity contribution in [1.82, 2.24) is 0 Å². The Labute approximate surface area is 167 Å². The molecule has 1 atom stereocenters. The van der Waals surface area contributed by atoms with Crippen molar-refractivity contribution in [3.05, 3.63) is 48.3 Å². The number of hydrogen-bond acceptors (Lipinski definition) is 6. The normalized spacial score (nSPS) is 13.9. The van der Waals surface area contributed by atoms with E-state index in [2.05, 4.69) is 5.32 Å². The molecule has 1 heterocycles. The number of halogens is 1. The average molecular weight is 403 g/mol. The van der Waals surface area contributed by atoms with E-state index in [1.165, 1.54) is 45.0 Å². The molecule has 0 saturated heterocycles. The monoisotopic (exact) mass is 403 g/mol. The highest BCUT2D eigenvalue weighted by atomic mass is 19.1. The van der Waals surface area contributed by atoms with Crippen LogP contribution in [-0.4, -0.2) is 36.8 Å². The van der Waals surface area contributed by atoms with E-state index in [1.807, 2.05) is 0 Å². The molecule has 1 amide bonds. The van der Waals surface area contributed by atoms with E-state index in [0.717, 1.165) is 0 Å². The Morgan fingerprint density at radius 1 is 1.07 bits per heavy atom. The topological polar surface area (TPSA) is 83.1 Å². The lowest BCUT2D eigenvalue weighted by molar-refractivity contribution is -0.166. The van der Waals surface area contributed by atoms with Crippen LogP contribution in [0.4, 0.5) is 10.1 Å². The number of amides is 1. The van der Waals surface area contributed by atoms with Gasteiger partial charge in [0.2, 0.25) is 0 Å². The summed E-state index contributed by atoms with van der Waals surface area (Å²) in [5, 5.41) is 2.67. The van der Waals surface area contributed by atoms with Gasteiger partial charge in [-0.15, -0.1) is 0 Å². The van der Waals surface area contributed by atoms with E-state index in [0.29, 0.717) is 36.1 Å². The van der Waals surface area contributed by atoms with Crippen LogP contribution in [-0.2, 0) is 14.3 Å². The van der Waals surface area contributed by atoms with E-state index in [-0.39, 0.29) is 0 Å². The van der Waals surface area contributed by atoms with Gasteiger partial charge in [-0.25, -0.2) is 9.18 Å². The maximum Gasteiger partial charge on any atom is 0.350 e. The number of carbonyl (C=O) groups excluding carboxylic acids is 2. The average Bonchev–Trinajstić information content (AvgIpc) is 2.69. The quantitative estimate of drug-likeness (QED) is 0.745. The van der Waals surface area contributed by atoms with Gasteiger partial charge in [-0.2, -0.15) is 0 Å². The van der Waals surface area contributed by atoms with Crippen molar-refractivity contribution >= 4 is 17.6 Å². The first-order valence-corrected chi connectivity index (χ1v) is 9.11. The zero-order chi connectivity index (χ0) is 21.0. The predicted molar refractivity (Wildman–Crippen MR) is 103 cm³/mol. The SMILES string of the molecule is CC(OC(=O)C(C)(C)Oc1ccc(F)cc1)C(=O)Nc1ccc2c(c1)OCCO2. The third-order valence-electron chi connectivity index (χ3n) is 4.14. The van der Waals surface area contributed by atoms with Crippen LogP contribution in [0.3, 0.4) is 0 Å². The highest BCUT2D eigenvalue weighted by molar-refractivity contribution is 5.95. The van der Waals surface area contributed by atoms with Gasteiger partial charge in [0.1, 0.15) is 24.8 Å². The Kier molecular flexibility index (Phi) is 5.91. The van der Waals surface area contributed by atoms with Gasteiger partial charge in [0, 0.05) is 11.8 Å². The molecule has 1 aliphatic rings. The summed E-state index contributed by atoms with van der Waals surface area (Å²) in [6.07, 6.45) is -1.06. The first-order valence-electron chi connectivity index (χ1n) is 9.11. The Balaban J connectivity index is 1.58. The molecule has 154 valence electrons. The first-order chi connectivity index (χ1) is 13.7. The lowest BCUT2D eigenvalue weighted by Gasteiger charge is -2.26. The van der Waals surface area contributed by atoms with Crippen molar-refractivity contribution in [1.29, 1.82) is 0 Å². The second-order valence-electron chi connectivity index (χ2n) is 6.96. The Morgan fingerprint density at radius 2 is 1.72 bits per heavy atom. The van der Waals surface area contributed by atoms with Gasteiger partial charge in [-0.3, -0.25) is 4.79 Å². The van der Waals surface area contributed by atoms with Crippen LogP contribution in [0.25, 0.3) is 0 Å². The fourth-order valence-corrected chi connectivity index (χ4v) is 2.56. The van der Waals surface area contributed by atoms with Crippen LogP contribution in [0, 0.1) is 5.82 Å². The summed E-state index contributed by atoms with van der Waals surface area (Å²) >= 11 is 0. The summed E-state index contributed by atoms with van der Waals surface area (Å²) < 4.78 is 34.7. The molecule has 1 unspecified atom stereocenters. The van der Waals surface area contributed by atoms with Crippen molar-refractivity contribution < 1.29 is 32.9 Å². The van der Waals surface area contributed by atoms with Crippen LogP contribution in [0.1, 0.15) is 20.8 Å². The maximum atomic E-state index is 13.0. The molecule has 0 saturated carbocycles. The standard InChI is InChI=1S/C21H22FNO6/c1-13(19(24)23-15-6-9-17-18(12-15)27-11-10-26-17)28-20(25)21(2,3)29-16-7-4-14(22)5-8-16/h4-9,12-13H,10-11H2,1-3H3,(H,23,24). The molecule has 0 radical (unpaired) electrons. The van der Waals surface area contributed by atoms with Gasteiger partial charge in [0.25, 0.3) is 5.91 Å². The molecule has 29 heavy (non-hydrogen) atoms. The minimum absolute atomic E-state index is 0.307. The molecule has 3 rings (SSSR count). The zero-order valence-electron chi connectivity index (χ0n) is 16.4. The van der Waals surface area contributed by atoms with Gasteiger partial charge < -0.3 is 24.3 Å². The minimum Gasteiger partial charge on any atom is -0.486 e. The Hall–Kier alpha value is -3.29. The molecule has 1 N–H and O–H groups in total. The lowest BCUT2D eigenvalue weighted by Crippen LogP contribution is -2.43. The second-order valence-corrected chi connectivity index (χ2v) is 6.96. The van der Waals surface area contributed by atoms with Crippen molar-refractivity contribution in [3.8, 4) is 17.2 Å². The molecule has 8 heteroatoms. The van der Waals surface area contributed by atoms with Gasteiger partial charge in [-0.1, -0.05) is 0 Å². The largest absolute Gasteiger partial charge is 0.486 e. The van der Waals surface area contributed by atoms with Crippen LogP contribution in [0.2, 0.25) is 0 Å². The maximum absolute atomic E-state index is 13.0. The van der Waals surface area contributed by atoms with E-state index in [4.69, 9.17) is 18.9 Å². The highest BCUT2D eigenvalue weighted by Crippen LogP contribution is 2.32. The fraction of sp³-hybridized carbons (Fsp3) is 0.333. The van der Waals surface area contributed by atoms with E-state index < -0.39 is 29.4 Å². The molecule has 0 aromatic heterocycles. The summed E-state index contributed by atoms with van der Waals surface area (Å²) in [5.41, 5.74) is -0.882. The summed E-state index contributed by atoms with van der Waals surface area (Å²) in [6, 6.07) is 10.3. The zero-order valence-corrected chi connectivity index (χ0v) is 16.4. The van der Waals surface area contributed by atoms with E-state index >= 15 is 0 Å². The summed E-state index contributed by atoms with van der Waals surface area (Å²) in [5.74, 6) is -0.205. The van der Waals surface area contributed by atoms with E-state index in [1.54, 1.807) is 18.2 Å². The third kappa shape index (κ3) is 5.16. The van der Waals surface area contributed by atoms with Crippen LogP contribution in [0.15, 0.2) is 42.5 Å². The highest BCUT2D eigenvalue weighted by Gasteiger charge is 2.34. The summed E-state index contributed by atoms with van der Waals surface area (Å²) in [6.45, 7) is 5.37. The number of carbonyl (C=O) groups is 2. The van der Waals surface area contributed by atoms with Gasteiger partial charge in [0.15, 0.2) is 23.2 Å². The number of fused-ring (bicyclic) bond motifs is 1. The van der Waals surface area contributed by atoms with Crippen molar-refractivity contribution in [2.24, 2.45) is 0 Å². The molecule has 2 aromatic rings. The number of rotatable bonds is 6. The second kappa shape index (κ2) is 8.38. The third-order valence-corrected chi connectivity index (χ3v) is 4.14. The number of hydrogen-bond donors (Lipinski definition) is 1. The molecule has 7 nitrogen and oxygen atoms in total. The first kappa shape index (κ1) is 20.4. The van der Waals surface area contributed by atoms with Gasteiger partial charge in [0.05, 0.1) is 0 Å². The number of ether oxygens (including phenoxy) is 4. The molecule has 0 aliphatic carbocycles. The molecule has 0 spiro atoms. The number of anilines is 1. The Morgan fingerprint density at radius 3 is 2.41 bits per heavy atom. The number of esters is 1. The van der Waals surface area contributed by atoms with Crippen LogP contribution in [0.5, 0.6) is 17.2 Å².